The molecular weight excluding hydrogens is 476 g/mol. The first-order valence-corrected chi connectivity index (χ1v) is 12.5. The fourth-order valence-corrected chi connectivity index (χ4v) is 5.57. The maximum Gasteiger partial charge on any atom is 0.297 e. The highest BCUT2D eigenvalue weighted by Gasteiger charge is 2.45. The van der Waals surface area contributed by atoms with Crippen LogP contribution >= 0.6 is 11.3 Å². The van der Waals surface area contributed by atoms with Gasteiger partial charge < -0.3 is 13.9 Å². The first-order chi connectivity index (χ1) is 17.6. The Balaban J connectivity index is 1.59. The molecule has 5 aromatic rings. The topological polar surface area (TPSA) is 81.9 Å². The molecule has 3 heterocycles. The van der Waals surface area contributed by atoms with Gasteiger partial charge in [-0.25, -0.2) is 4.98 Å². The summed E-state index contributed by atoms with van der Waals surface area (Å²) in [5.74, 6) is 0.761. The van der Waals surface area contributed by atoms with E-state index in [9.17, 15) is 9.59 Å². The summed E-state index contributed by atoms with van der Waals surface area (Å²) < 4.78 is 18.4. The average Bonchev–Trinajstić information content (AvgIpc) is 3.46. The van der Waals surface area contributed by atoms with Crippen molar-refractivity contribution in [3.8, 4) is 11.5 Å². The molecule has 0 saturated heterocycles. The fourth-order valence-electron chi connectivity index (χ4n) is 4.58. The van der Waals surface area contributed by atoms with Gasteiger partial charge in [-0.1, -0.05) is 48.6 Å². The van der Waals surface area contributed by atoms with Crippen LogP contribution in [0.5, 0.6) is 11.5 Å². The number of fused-ring (bicyclic) bond motifs is 3. The number of hydrogen-bond acceptors (Lipinski definition) is 7. The Kier molecular flexibility index (Phi) is 5.45. The van der Waals surface area contributed by atoms with Crippen molar-refractivity contribution < 1.29 is 18.7 Å². The molecule has 3 aromatic carbocycles. The molecule has 7 nitrogen and oxygen atoms in total. The van der Waals surface area contributed by atoms with Gasteiger partial charge in [-0.05, 0) is 48.4 Å². The lowest BCUT2D eigenvalue weighted by Crippen LogP contribution is -2.29. The number of para-hydroxylation sites is 2. The smallest absolute Gasteiger partial charge is 0.297 e. The van der Waals surface area contributed by atoms with Gasteiger partial charge in [-0.2, -0.15) is 0 Å². The SMILES string of the molecule is CCCOc1ccc([C@H]2c3c(oc4ccccc4c3=O)C(=O)N2c2nc3ccccc3s2)cc1OC. The van der Waals surface area contributed by atoms with Crippen molar-refractivity contribution in [1.29, 1.82) is 0 Å². The number of thiazole rings is 1. The number of carbonyl (C=O) groups is 1. The molecule has 0 radical (unpaired) electrons. The van der Waals surface area contributed by atoms with Gasteiger partial charge in [0.05, 0.1) is 40.9 Å². The highest BCUT2D eigenvalue weighted by molar-refractivity contribution is 7.22. The Morgan fingerprint density at radius 2 is 1.83 bits per heavy atom. The molecular formula is C28H22N2O5S. The van der Waals surface area contributed by atoms with E-state index in [1.165, 1.54) is 11.3 Å². The minimum atomic E-state index is -0.733. The number of amides is 1. The van der Waals surface area contributed by atoms with E-state index in [1.54, 1.807) is 36.3 Å². The van der Waals surface area contributed by atoms with E-state index in [-0.39, 0.29) is 11.2 Å². The molecule has 0 saturated carbocycles. The van der Waals surface area contributed by atoms with Gasteiger partial charge in [0.25, 0.3) is 5.91 Å². The molecule has 0 spiro atoms. The van der Waals surface area contributed by atoms with Crippen LogP contribution < -0.4 is 19.8 Å². The number of carbonyl (C=O) groups excluding carboxylic acids is 1. The second-order valence-corrected chi connectivity index (χ2v) is 9.48. The molecule has 36 heavy (non-hydrogen) atoms. The molecule has 6 rings (SSSR count). The Morgan fingerprint density at radius 3 is 2.64 bits per heavy atom. The van der Waals surface area contributed by atoms with Crippen molar-refractivity contribution in [2.75, 3.05) is 18.6 Å². The lowest BCUT2D eigenvalue weighted by atomic mass is 9.98. The van der Waals surface area contributed by atoms with Gasteiger partial charge in [-0.15, -0.1) is 0 Å². The van der Waals surface area contributed by atoms with Crippen molar-refractivity contribution in [3.05, 3.63) is 93.8 Å². The predicted molar refractivity (Wildman–Crippen MR) is 140 cm³/mol. The van der Waals surface area contributed by atoms with Crippen LogP contribution in [-0.4, -0.2) is 24.6 Å². The lowest BCUT2D eigenvalue weighted by Gasteiger charge is -2.23. The van der Waals surface area contributed by atoms with E-state index in [2.05, 4.69) is 0 Å². The van der Waals surface area contributed by atoms with Crippen LogP contribution in [-0.2, 0) is 0 Å². The third-order valence-corrected chi connectivity index (χ3v) is 7.27. The maximum atomic E-state index is 13.8. The van der Waals surface area contributed by atoms with E-state index in [0.29, 0.717) is 45.3 Å². The number of benzene rings is 3. The van der Waals surface area contributed by atoms with Crippen LogP contribution in [0.3, 0.4) is 0 Å². The zero-order valence-corrected chi connectivity index (χ0v) is 20.5. The minimum Gasteiger partial charge on any atom is -0.493 e. The molecule has 0 aliphatic carbocycles. The molecule has 1 atom stereocenters. The summed E-state index contributed by atoms with van der Waals surface area (Å²) in [6, 6.07) is 19.4. The fraction of sp³-hybridized carbons (Fsp3) is 0.179. The number of rotatable bonds is 6. The molecule has 1 amide bonds. The molecule has 0 unspecified atom stereocenters. The highest BCUT2D eigenvalue weighted by atomic mass is 32.1. The largest absolute Gasteiger partial charge is 0.493 e. The quantitative estimate of drug-likeness (QED) is 0.288. The third-order valence-electron chi connectivity index (χ3n) is 6.23. The van der Waals surface area contributed by atoms with Crippen LogP contribution in [0.15, 0.2) is 75.9 Å². The van der Waals surface area contributed by atoms with Gasteiger partial charge >= 0.3 is 0 Å². The summed E-state index contributed by atoms with van der Waals surface area (Å²) in [6.45, 7) is 2.58. The average molecular weight is 499 g/mol. The van der Waals surface area contributed by atoms with Crippen molar-refractivity contribution in [2.24, 2.45) is 0 Å². The van der Waals surface area contributed by atoms with E-state index < -0.39 is 11.9 Å². The number of nitrogens with zero attached hydrogens (tertiary/aromatic N) is 2. The van der Waals surface area contributed by atoms with Crippen LogP contribution in [0.1, 0.15) is 41.1 Å². The van der Waals surface area contributed by atoms with E-state index >= 15 is 0 Å². The number of ether oxygens (including phenoxy) is 2. The zero-order chi connectivity index (χ0) is 24.8. The summed E-state index contributed by atoms with van der Waals surface area (Å²) in [5.41, 5.74) is 1.91. The number of hydrogen-bond donors (Lipinski definition) is 0. The second-order valence-electron chi connectivity index (χ2n) is 8.47. The van der Waals surface area contributed by atoms with E-state index in [1.807, 2.05) is 49.4 Å². The highest BCUT2D eigenvalue weighted by Crippen LogP contribution is 2.45. The monoisotopic (exact) mass is 498 g/mol. The summed E-state index contributed by atoms with van der Waals surface area (Å²) in [6.07, 6.45) is 0.856. The Morgan fingerprint density at radius 1 is 1.03 bits per heavy atom. The third kappa shape index (κ3) is 3.45. The Hall–Kier alpha value is -4.17. The molecule has 180 valence electrons. The molecule has 2 aromatic heterocycles. The van der Waals surface area contributed by atoms with Gasteiger partial charge in [0.1, 0.15) is 5.58 Å². The maximum absolute atomic E-state index is 13.8. The number of aromatic nitrogens is 1. The summed E-state index contributed by atoms with van der Waals surface area (Å²) >= 11 is 1.40. The van der Waals surface area contributed by atoms with Crippen molar-refractivity contribution in [3.63, 3.8) is 0 Å². The van der Waals surface area contributed by atoms with Crippen LogP contribution in [0.4, 0.5) is 5.13 Å². The van der Waals surface area contributed by atoms with E-state index in [4.69, 9.17) is 18.9 Å². The number of anilines is 1. The number of methoxy groups -OCH3 is 1. The first-order valence-electron chi connectivity index (χ1n) is 11.7. The molecule has 0 fully saturated rings. The molecule has 0 N–H and O–H groups in total. The van der Waals surface area contributed by atoms with E-state index in [0.717, 1.165) is 16.6 Å². The summed E-state index contributed by atoms with van der Waals surface area (Å²) in [4.78, 5) is 33.9. The van der Waals surface area contributed by atoms with Gasteiger partial charge in [0.2, 0.25) is 5.76 Å². The first kappa shape index (κ1) is 22.3. The van der Waals surface area contributed by atoms with Crippen LogP contribution in [0, 0.1) is 0 Å². The van der Waals surface area contributed by atoms with Gasteiger partial charge in [0.15, 0.2) is 22.1 Å². The molecule has 1 aliphatic rings. The summed E-state index contributed by atoms with van der Waals surface area (Å²) in [5, 5.41) is 0.918. The van der Waals surface area contributed by atoms with Crippen LogP contribution in [0.2, 0.25) is 0 Å². The van der Waals surface area contributed by atoms with Crippen molar-refractivity contribution in [2.45, 2.75) is 19.4 Å². The molecule has 0 bridgehead atoms. The lowest BCUT2D eigenvalue weighted by molar-refractivity contribution is 0.0971. The Labute approximate surface area is 210 Å². The van der Waals surface area contributed by atoms with Crippen molar-refractivity contribution >= 4 is 43.6 Å². The molecule has 8 heteroatoms. The van der Waals surface area contributed by atoms with Gasteiger partial charge in [-0.3, -0.25) is 14.5 Å². The normalized spacial score (nSPS) is 15.0. The minimum absolute atomic E-state index is 0.0354. The predicted octanol–water partition coefficient (Wildman–Crippen LogP) is 5.95. The zero-order valence-electron chi connectivity index (χ0n) is 19.7. The second kappa shape index (κ2) is 8.80. The van der Waals surface area contributed by atoms with Crippen molar-refractivity contribution in [1.82, 2.24) is 4.98 Å². The van der Waals surface area contributed by atoms with Crippen LogP contribution in [0.25, 0.3) is 21.2 Å². The van der Waals surface area contributed by atoms with Gasteiger partial charge in [0, 0.05) is 0 Å². The molecule has 1 aliphatic heterocycles. The Bertz CT molecular complexity index is 1660. The standard InChI is InChI=1S/C28H22N2O5S/c1-3-14-34-20-13-12-16(15-21(20)33-2)24-23-25(31)17-8-4-6-10-19(17)35-26(23)27(32)30(24)28-29-18-9-5-7-11-22(18)36-28/h4-13,15,24H,3,14H2,1-2H3/t24-/m0/s1. The summed E-state index contributed by atoms with van der Waals surface area (Å²) in [7, 11) is 1.57.